The molecule has 1 aliphatic carbocycles. The Kier molecular flexibility index (Phi) is 2.76. The molecule has 0 amide bonds. The lowest BCUT2D eigenvalue weighted by atomic mass is 10.1. The highest BCUT2D eigenvalue weighted by molar-refractivity contribution is 5.80. The maximum atomic E-state index is 11.8. The highest BCUT2D eigenvalue weighted by Gasteiger charge is 2.30. The minimum Gasteiger partial charge on any atom is -0.468 e. The summed E-state index contributed by atoms with van der Waals surface area (Å²) in [7, 11) is 1.40. The van der Waals surface area contributed by atoms with Gasteiger partial charge < -0.3 is 9.15 Å². The lowest BCUT2D eigenvalue weighted by Gasteiger charge is -2.16. The Labute approximate surface area is 104 Å². The molecular formula is C13H14N2O3. The number of nitrogens with zero attached hydrogens (tertiary/aromatic N) is 1. The standard InChI is InChI=1S/C13H14N2O3/c1-17-13(16)12(15-9-3-4-9)8-2-5-10-11(6-8)18-7-14-10/h2,5-7,9,12,15H,3-4H2,1H3. The number of nitrogens with one attached hydrogen (secondary N) is 1. The fourth-order valence-corrected chi connectivity index (χ4v) is 1.96. The molecule has 1 aliphatic rings. The number of esters is 1. The second kappa shape index (κ2) is 4.42. The van der Waals surface area contributed by atoms with Gasteiger partial charge in [0.05, 0.1) is 7.11 Å². The Morgan fingerprint density at radius 3 is 3.11 bits per heavy atom. The zero-order valence-corrected chi connectivity index (χ0v) is 10.1. The highest BCUT2D eigenvalue weighted by Crippen LogP contribution is 2.26. The van der Waals surface area contributed by atoms with E-state index in [-0.39, 0.29) is 5.97 Å². The number of oxazole rings is 1. The predicted octanol–water partition coefficient (Wildman–Crippen LogP) is 1.79. The van der Waals surface area contributed by atoms with Crippen LogP contribution in [0.4, 0.5) is 0 Å². The van der Waals surface area contributed by atoms with Crippen molar-refractivity contribution in [1.29, 1.82) is 0 Å². The first-order valence-electron chi connectivity index (χ1n) is 5.95. The van der Waals surface area contributed by atoms with Gasteiger partial charge in [-0.15, -0.1) is 0 Å². The lowest BCUT2D eigenvalue weighted by Crippen LogP contribution is -2.31. The average Bonchev–Trinajstić information content (AvgIpc) is 3.10. The number of hydrogen-bond acceptors (Lipinski definition) is 5. The fourth-order valence-electron chi connectivity index (χ4n) is 1.96. The van der Waals surface area contributed by atoms with Crippen LogP contribution in [0.3, 0.4) is 0 Å². The Balaban J connectivity index is 1.93. The van der Waals surface area contributed by atoms with E-state index < -0.39 is 6.04 Å². The molecule has 18 heavy (non-hydrogen) atoms. The summed E-state index contributed by atoms with van der Waals surface area (Å²) in [6.45, 7) is 0. The largest absolute Gasteiger partial charge is 0.468 e. The van der Waals surface area contributed by atoms with E-state index in [1.807, 2.05) is 18.2 Å². The topological polar surface area (TPSA) is 64.4 Å². The molecule has 94 valence electrons. The Morgan fingerprint density at radius 1 is 1.56 bits per heavy atom. The molecule has 2 aromatic rings. The van der Waals surface area contributed by atoms with Crippen molar-refractivity contribution in [1.82, 2.24) is 10.3 Å². The molecule has 1 unspecified atom stereocenters. The summed E-state index contributed by atoms with van der Waals surface area (Å²) < 4.78 is 10.1. The average molecular weight is 246 g/mol. The Morgan fingerprint density at radius 2 is 2.39 bits per heavy atom. The summed E-state index contributed by atoms with van der Waals surface area (Å²) in [5.41, 5.74) is 2.31. The maximum Gasteiger partial charge on any atom is 0.327 e. The van der Waals surface area contributed by atoms with Crippen LogP contribution in [0.25, 0.3) is 11.1 Å². The van der Waals surface area contributed by atoms with Gasteiger partial charge in [0.15, 0.2) is 12.0 Å². The molecule has 1 heterocycles. The summed E-state index contributed by atoms with van der Waals surface area (Å²) >= 11 is 0. The summed E-state index contributed by atoms with van der Waals surface area (Å²) in [6, 6.07) is 5.54. The van der Waals surface area contributed by atoms with E-state index in [9.17, 15) is 4.79 Å². The maximum absolute atomic E-state index is 11.8. The van der Waals surface area contributed by atoms with Crippen LogP contribution in [0, 0.1) is 0 Å². The van der Waals surface area contributed by atoms with Gasteiger partial charge in [-0.2, -0.15) is 0 Å². The number of aromatic nitrogens is 1. The molecule has 1 saturated carbocycles. The number of carbonyl (C=O) groups is 1. The van der Waals surface area contributed by atoms with Crippen molar-refractivity contribution in [3.8, 4) is 0 Å². The molecule has 1 N–H and O–H groups in total. The SMILES string of the molecule is COC(=O)C(NC1CC1)c1ccc2ncoc2c1. The molecule has 5 heteroatoms. The molecule has 0 bridgehead atoms. The second-order valence-corrected chi connectivity index (χ2v) is 4.48. The smallest absolute Gasteiger partial charge is 0.327 e. The lowest BCUT2D eigenvalue weighted by molar-refractivity contribution is -0.143. The first-order valence-corrected chi connectivity index (χ1v) is 5.95. The van der Waals surface area contributed by atoms with Gasteiger partial charge in [-0.3, -0.25) is 5.32 Å². The molecule has 1 atom stereocenters. The molecule has 1 aromatic heterocycles. The number of ether oxygens (including phenoxy) is 1. The van der Waals surface area contributed by atoms with E-state index in [4.69, 9.17) is 9.15 Å². The molecule has 1 aromatic carbocycles. The molecule has 3 rings (SSSR count). The van der Waals surface area contributed by atoms with Crippen LogP contribution in [0.2, 0.25) is 0 Å². The Bertz CT molecular complexity index is 574. The van der Waals surface area contributed by atoms with Gasteiger partial charge in [0.1, 0.15) is 11.6 Å². The number of rotatable bonds is 4. The van der Waals surface area contributed by atoms with E-state index in [0.717, 1.165) is 23.9 Å². The van der Waals surface area contributed by atoms with Crippen LogP contribution in [-0.4, -0.2) is 24.1 Å². The third-order valence-electron chi connectivity index (χ3n) is 3.11. The van der Waals surface area contributed by atoms with Gasteiger partial charge in [0, 0.05) is 6.04 Å². The minimum absolute atomic E-state index is 0.277. The van der Waals surface area contributed by atoms with Crippen molar-refractivity contribution >= 4 is 17.1 Å². The van der Waals surface area contributed by atoms with Crippen LogP contribution < -0.4 is 5.32 Å². The molecule has 5 nitrogen and oxygen atoms in total. The van der Waals surface area contributed by atoms with Crippen LogP contribution in [0.5, 0.6) is 0 Å². The number of methoxy groups -OCH3 is 1. The van der Waals surface area contributed by atoms with Gasteiger partial charge in [0.25, 0.3) is 0 Å². The van der Waals surface area contributed by atoms with Crippen LogP contribution in [-0.2, 0) is 9.53 Å². The quantitative estimate of drug-likeness (QED) is 0.833. The zero-order chi connectivity index (χ0) is 12.5. The van der Waals surface area contributed by atoms with Gasteiger partial charge in [-0.25, -0.2) is 9.78 Å². The van der Waals surface area contributed by atoms with Crippen molar-refractivity contribution in [3.05, 3.63) is 30.2 Å². The van der Waals surface area contributed by atoms with Crippen molar-refractivity contribution in [2.45, 2.75) is 24.9 Å². The van der Waals surface area contributed by atoms with Crippen LogP contribution in [0.15, 0.2) is 29.0 Å². The van der Waals surface area contributed by atoms with Gasteiger partial charge in [0.2, 0.25) is 0 Å². The predicted molar refractivity (Wildman–Crippen MR) is 64.9 cm³/mol. The van der Waals surface area contributed by atoms with E-state index in [1.54, 1.807) is 0 Å². The molecule has 0 spiro atoms. The summed E-state index contributed by atoms with van der Waals surface area (Å²) in [6.07, 6.45) is 3.62. The van der Waals surface area contributed by atoms with Crippen LogP contribution >= 0.6 is 0 Å². The highest BCUT2D eigenvalue weighted by atomic mass is 16.5. The molecule has 1 fully saturated rings. The first kappa shape index (κ1) is 11.2. The van der Waals surface area contributed by atoms with Gasteiger partial charge in [-0.1, -0.05) is 6.07 Å². The zero-order valence-electron chi connectivity index (χ0n) is 10.1. The number of fused-ring (bicyclic) bond motifs is 1. The summed E-state index contributed by atoms with van der Waals surface area (Å²) in [5.74, 6) is -0.277. The number of carbonyl (C=O) groups excluding carboxylic acids is 1. The van der Waals surface area contributed by atoms with Crippen molar-refractivity contribution in [2.24, 2.45) is 0 Å². The van der Waals surface area contributed by atoms with Crippen molar-refractivity contribution in [2.75, 3.05) is 7.11 Å². The number of benzene rings is 1. The third kappa shape index (κ3) is 2.09. The van der Waals surface area contributed by atoms with Crippen LogP contribution in [0.1, 0.15) is 24.4 Å². The van der Waals surface area contributed by atoms with Gasteiger partial charge >= 0.3 is 5.97 Å². The van der Waals surface area contributed by atoms with E-state index in [2.05, 4.69) is 10.3 Å². The van der Waals surface area contributed by atoms with E-state index in [0.29, 0.717) is 11.6 Å². The fraction of sp³-hybridized carbons (Fsp3) is 0.385. The number of hydrogen-bond donors (Lipinski definition) is 1. The van der Waals surface area contributed by atoms with E-state index in [1.165, 1.54) is 13.5 Å². The van der Waals surface area contributed by atoms with Gasteiger partial charge in [-0.05, 0) is 30.5 Å². The molecule has 0 aliphatic heterocycles. The van der Waals surface area contributed by atoms with Crippen molar-refractivity contribution < 1.29 is 13.9 Å². The first-order chi connectivity index (χ1) is 8.78. The van der Waals surface area contributed by atoms with Crippen molar-refractivity contribution in [3.63, 3.8) is 0 Å². The minimum atomic E-state index is -0.433. The monoisotopic (exact) mass is 246 g/mol. The summed E-state index contributed by atoms with van der Waals surface area (Å²) in [5, 5.41) is 3.28. The Hall–Kier alpha value is -1.88. The molecule has 0 saturated heterocycles. The molecule has 0 radical (unpaired) electrons. The summed E-state index contributed by atoms with van der Waals surface area (Å²) in [4.78, 5) is 15.9. The normalized spacial score (nSPS) is 16.7. The second-order valence-electron chi connectivity index (χ2n) is 4.48. The van der Waals surface area contributed by atoms with E-state index >= 15 is 0 Å². The third-order valence-corrected chi connectivity index (χ3v) is 3.11. The molecular weight excluding hydrogens is 232 g/mol.